The van der Waals surface area contributed by atoms with Crippen molar-refractivity contribution in [3.63, 3.8) is 0 Å². The molecule has 2 fully saturated rings. The van der Waals surface area contributed by atoms with Gasteiger partial charge in [-0.3, -0.25) is 9.89 Å². The topological polar surface area (TPSA) is 62.9 Å². The maximum atomic E-state index is 6.13. The van der Waals surface area contributed by atoms with Crippen LogP contribution in [0.25, 0.3) is 0 Å². The van der Waals surface area contributed by atoms with Crippen LogP contribution in [0, 0.1) is 0 Å². The number of hydrogen-bond donors (Lipinski definition) is 2. The number of guanidine groups is 1. The van der Waals surface area contributed by atoms with Gasteiger partial charge in [0.15, 0.2) is 5.96 Å². The molecule has 0 amide bonds. The fourth-order valence-electron chi connectivity index (χ4n) is 3.74. The Morgan fingerprint density at radius 1 is 1.24 bits per heavy atom. The molecule has 1 aromatic rings. The lowest BCUT2D eigenvalue weighted by Gasteiger charge is -2.42. The first-order valence-corrected chi connectivity index (χ1v) is 9.91. The van der Waals surface area contributed by atoms with E-state index in [9.17, 15) is 0 Å². The van der Waals surface area contributed by atoms with Gasteiger partial charge < -0.3 is 15.8 Å². The van der Waals surface area contributed by atoms with Crippen molar-refractivity contribution in [1.82, 2.24) is 4.90 Å². The van der Waals surface area contributed by atoms with E-state index in [1.165, 1.54) is 50.3 Å². The zero-order valence-corrected chi connectivity index (χ0v) is 18.0. The molecule has 3 rings (SSSR count). The quantitative estimate of drug-likeness (QED) is 0.388. The third-order valence-electron chi connectivity index (χ3n) is 5.12. The summed E-state index contributed by atoms with van der Waals surface area (Å²) in [6.07, 6.45) is 5.11. The molecular weight excluding hydrogens is 447 g/mol. The van der Waals surface area contributed by atoms with E-state index in [-0.39, 0.29) is 29.5 Å². The monoisotopic (exact) mass is 476 g/mol. The van der Waals surface area contributed by atoms with Crippen LogP contribution in [0.1, 0.15) is 25.7 Å². The number of rotatable bonds is 5. The molecule has 1 saturated carbocycles. The first-order chi connectivity index (χ1) is 11.7. The molecule has 1 heterocycles. The van der Waals surface area contributed by atoms with E-state index in [0.717, 1.165) is 18.0 Å². The molecule has 0 spiro atoms. The highest BCUT2D eigenvalue weighted by Crippen LogP contribution is 2.37. The van der Waals surface area contributed by atoms with Crippen molar-refractivity contribution in [1.29, 1.82) is 0 Å². The van der Waals surface area contributed by atoms with Gasteiger partial charge in [-0.25, -0.2) is 0 Å². The van der Waals surface area contributed by atoms with E-state index in [1.54, 1.807) is 7.11 Å². The number of nitrogens with zero attached hydrogens (tertiary/aromatic N) is 2. The van der Waals surface area contributed by atoms with Gasteiger partial charge in [-0.2, -0.15) is 11.8 Å². The fraction of sp³-hybridized carbons (Fsp3) is 0.611. The lowest BCUT2D eigenvalue weighted by atomic mass is 9.95. The summed E-state index contributed by atoms with van der Waals surface area (Å²) >= 11 is 2.06. The molecule has 140 valence electrons. The highest BCUT2D eigenvalue weighted by Gasteiger charge is 2.39. The molecule has 1 saturated heterocycles. The first kappa shape index (κ1) is 20.6. The summed E-state index contributed by atoms with van der Waals surface area (Å²) in [4.78, 5) is 7.36. The van der Waals surface area contributed by atoms with Crippen molar-refractivity contribution in [2.45, 2.75) is 31.2 Å². The minimum atomic E-state index is 0. The number of nitrogens with two attached hydrogens (primary N) is 1. The Hall–Kier alpha value is -0.670. The summed E-state index contributed by atoms with van der Waals surface area (Å²) in [6, 6.07) is 7.74. The molecule has 0 radical (unpaired) electrons. The summed E-state index contributed by atoms with van der Waals surface area (Å²) in [5.74, 6) is 3.82. The van der Waals surface area contributed by atoms with Gasteiger partial charge in [0, 0.05) is 35.8 Å². The average molecular weight is 476 g/mol. The Balaban J connectivity index is 0.00000225. The van der Waals surface area contributed by atoms with E-state index < -0.39 is 0 Å². The predicted octanol–water partition coefficient (Wildman–Crippen LogP) is 3.40. The second-order valence-electron chi connectivity index (χ2n) is 6.59. The Morgan fingerprint density at radius 2 is 1.88 bits per heavy atom. The van der Waals surface area contributed by atoms with Crippen LogP contribution in [0.5, 0.6) is 5.75 Å². The second-order valence-corrected chi connectivity index (χ2v) is 7.81. The molecule has 0 bridgehead atoms. The van der Waals surface area contributed by atoms with Gasteiger partial charge in [-0.15, -0.1) is 24.0 Å². The number of anilines is 1. The highest BCUT2D eigenvalue weighted by atomic mass is 127. The summed E-state index contributed by atoms with van der Waals surface area (Å²) in [5, 5.41) is 3.19. The molecule has 5 nitrogen and oxygen atoms in total. The predicted molar refractivity (Wildman–Crippen MR) is 119 cm³/mol. The van der Waals surface area contributed by atoms with Gasteiger partial charge in [0.25, 0.3) is 0 Å². The van der Waals surface area contributed by atoms with Gasteiger partial charge in [0.1, 0.15) is 5.75 Å². The van der Waals surface area contributed by atoms with E-state index in [2.05, 4.69) is 22.0 Å². The number of halogens is 1. The minimum absolute atomic E-state index is 0. The molecule has 3 N–H and O–H groups in total. The molecule has 25 heavy (non-hydrogen) atoms. The Morgan fingerprint density at radius 3 is 2.48 bits per heavy atom. The van der Waals surface area contributed by atoms with Crippen LogP contribution in [0.4, 0.5) is 5.69 Å². The van der Waals surface area contributed by atoms with Crippen molar-refractivity contribution in [3.05, 3.63) is 24.3 Å². The largest absolute Gasteiger partial charge is 0.497 e. The second kappa shape index (κ2) is 9.87. The van der Waals surface area contributed by atoms with Crippen LogP contribution in [0.3, 0.4) is 0 Å². The normalized spacial score (nSPS) is 20.8. The maximum absolute atomic E-state index is 6.13. The molecule has 7 heteroatoms. The minimum Gasteiger partial charge on any atom is -0.497 e. The van der Waals surface area contributed by atoms with E-state index in [1.807, 2.05) is 24.3 Å². The number of nitrogens with one attached hydrogen (secondary N) is 1. The van der Waals surface area contributed by atoms with Crippen molar-refractivity contribution >= 4 is 47.4 Å². The SMILES string of the molecule is COc1ccc(NC(N)=NCC2(N3CCSCC3)CCCC2)cc1.I. The third-order valence-corrected chi connectivity index (χ3v) is 6.06. The highest BCUT2D eigenvalue weighted by molar-refractivity contribution is 14.0. The summed E-state index contributed by atoms with van der Waals surface area (Å²) in [6.45, 7) is 3.17. The average Bonchev–Trinajstić information content (AvgIpc) is 3.12. The smallest absolute Gasteiger partial charge is 0.193 e. The number of hydrogen-bond acceptors (Lipinski definition) is 4. The molecule has 0 atom stereocenters. The van der Waals surface area contributed by atoms with E-state index in [4.69, 9.17) is 15.5 Å². The van der Waals surface area contributed by atoms with Gasteiger partial charge in [-0.05, 0) is 37.1 Å². The van der Waals surface area contributed by atoms with Gasteiger partial charge >= 0.3 is 0 Å². The number of aliphatic imine (C=N–C) groups is 1. The van der Waals surface area contributed by atoms with Crippen LogP contribution in [-0.4, -0.2) is 54.6 Å². The van der Waals surface area contributed by atoms with Gasteiger partial charge in [0.05, 0.1) is 13.7 Å². The zero-order valence-electron chi connectivity index (χ0n) is 14.9. The van der Waals surface area contributed by atoms with Crippen molar-refractivity contribution in [2.24, 2.45) is 10.7 Å². The molecule has 2 aliphatic rings. The maximum Gasteiger partial charge on any atom is 0.193 e. The van der Waals surface area contributed by atoms with Crippen LogP contribution >= 0.6 is 35.7 Å². The number of thioether (sulfide) groups is 1. The first-order valence-electron chi connectivity index (χ1n) is 8.76. The Kier molecular flexibility index (Phi) is 8.15. The third kappa shape index (κ3) is 5.40. The molecule has 0 aromatic heterocycles. The summed E-state index contributed by atoms with van der Waals surface area (Å²) in [5.41, 5.74) is 7.29. The lowest BCUT2D eigenvalue weighted by molar-refractivity contribution is 0.112. The van der Waals surface area contributed by atoms with Crippen molar-refractivity contribution < 1.29 is 4.74 Å². The van der Waals surface area contributed by atoms with Crippen molar-refractivity contribution in [3.8, 4) is 5.75 Å². The lowest BCUT2D eigenvalue weighted by Crippen LogP contribution is -2.52. The van der Waals surface area contributed by atoms with Crippen molar-refractivity contribution in [2.75, 3.05) is 43.6 Å². The molecule has 1 aromatic carbocycles. The summed E-state index contributed by atoms with van der Waals surface area (Å²) in [7, 11) is 1.67. The molecule has 0 unspecified atom stereocenters. The standard InChI is InChI=1S/C18H28N4OS.HI/c1-23-16-6-4-15(5-7-16)21-17(19)20-14-18(8-2-3-9-18)22-10-12-24-13-11-22;/h4-7H,2-3,8-14H2,1H3,(H3,19,20,21);1H. The molecular formula is C18H29IN4OS. The van der Waals surface area contributed by atoms with E-state index >= 15 is 0 Å². The van der Waals surface area contributed by atoms with Gasteiger partial charge in [0.2, 0.25) is 0 Å². The zero-order chi connectivity index (χ0) is 16.8. The fourth-order valence-corrected chi connectivity index (χ4v) is 4.64. The Bertz CT molecular complexity index is 555. The summed E-state index contributed by atoms with van der Waals surface area (Å²) < 4.78 is 5.17. The molecule has 1 aliphatic heterocycles. The van der Waals surface area contributed by atoms with E-state index in [0.29, 0.717) is 5.96 Å². The van der Waals surface area contributed by atoms with Gasteiger partial charge in [-0.1, -0.05) is 12.8 Å². The Labute approximate surface area is 172 Å². The van der Waals surface area contributed by atoms with Crippen LogP contribution in [0.2, 0.25) is 0 Å². The molecule has 1 aliphatic carbocycles. The van der Waals surface area contributed by atoms with Crippen LogP contribution in [-0.2, 0) is 0 Å². The van der Waals surface area contributed by atoms with Crippen LogP contribution in [0.15, 0.2) is 29.3 Å². The number of ether oxygens (including phenoxy) is 1. The number of benzene rings is 1. The van der Waals surface area contributed by atoms with Crippen LogP contribution < -0.4 is 15.8 Å². The number of methoxy groups -OCH3 is 1.